The van der Waals surface area contributed by atoms with E-state index in [4.69, 9.17) is 10.8 Å². The number of rotatable bonds is 6. The molecule has 21 heavy (non-hydrogen) atoms. The van der Waals surface area contributed by atoms with Gasteiger partial charge in [0, 0.05) is 0 Å². The van der Waals surface area contributed by atoms with E-state index in [2.05, 4.69) is 10.1 Å². The van der Waals surface area contributed by atoms with Crippen LogP contribution in [0, 0.1) is 0 Å². The minimum atomic E-state index is -3.33. The van der Waals surface area contributed by atoms with Crippen molar-refractivity contribution in [3.05, 3.63) is 29.8 Å². The lowest BCUT2D eigenvalue weighted by molar-refractivity contribution is 0.138. The Labute approximate surface area is 121 Å². The molecule has 1 aromatic carbocycles. The Kier molecular flexibility index (Phi) is 5.53. The Bertz CT molecular complexity index is 611. The molecule has 0 bridgehead atoms. The molecule has 0 saturated carbocycles. The van der Waals surface area contributed by atoms with Crippen LogP contribution in [-0.2, 0) is 14.6 Å². The van der Waals surface area contributed by atoms with Crippen LogP contribution in [0.4, 0.5) is 9.59 Å². The van der Waals surface area contributed by atoms with E-state index in [0.717, 1.165) is 0 Å². The molecule has 2 amide bonds. The fourth-order valence-corrected chi connectivity index (χ4v) is 2.49. The zero-order valence-corrected chi connectivity index (χ0v) is 12.1. The molecule has 0 saturated heterocycles. The van der Waals surface area contributed by atoms with Crippen LogP contribution in [0.15, 0.2) is 29.2 Å². The van der Waals surface area contributed by atoms with E-state index in [0.29, 0.717) is 5.56 Å². The van der Waals surface area contributed by atoms with Gasteiger partial charge in [-0.2, -0.15) is 0 Å². The van der Waals surface area contributed by atoms with Gasteiger partial charge in [-0.1, -0.05) is 19.1 Å². The van der Waals surface area contributed by atoms with Crippen LogP contribution >= 0.6 is 0 Å². The van der Waals surface area contributed by atoms with Gasteiger partial charge in [0.2, 0.25) is 0 Å². The van der Waals surface area contributed by atoms with Gasteiger partial charge < -0.3 is 20.9 Å². The minimum absolute atomic E-state index is 0.0338. The smallest absolute Gasteiger partial charge is 0.405 e. The van der Waals surface area contributed by atoms with Crippen molar-refractivity contribution in [2.24, 2.45) is 5.73 Å². The van der Waals surface area contributed by atoms with E-state index < -0.39 is 28.1 Å². The Balaban J connectivity index is 2.97. The van der Waals surface area contributed by atoms with Crippen LogP contribution in [0.5, 0.6) is 0 Å². The van der Waals surface area contributed by atoms with Crippen molar-refractivity contribution >= 4 is 22.0 Å². The molecule has 0 aliphatic heterocycles. The van der Waals surface area contributed by atoms with E-state index >= 15 is 0 Å². The number of carbonyl (C=O) groups is 2. The fourth-order valence-electron chi connectivity index (χ4n) is 1.61. The number of carboxylic acid groups (broad SMARTS) is 1. The van der Waals surface area contributed by atoms with Crippen molar-refractivity contribution in [2.45, 2.75) is 17.9 Å². The van der Waals surface area contributed by atoms with Gasteiger partial charge in [-0.15, -0.1) is 0 Å². The number of amides is 2. The van der Waals surface area contributed by atoms with E-state index in [-0.39, 0.29) is 17.3 Å². The summed E-state index contributed by atoms with van der Waals surface area (Å²) >= 11 is 0. The van der Waals surface area contributed by atoms with Gasteiger partial charge in [0.05, 0.1) is 16.7 Å². The van der Waals surface area contributed by atoms with E-state index in [1.165, 1.54) is 31.2 Å². The third kappa shape index (κ3) is 4.95. The van der Waals surface area contributed by atoms with Crippen LogP contribution in [0.3, 0.4) is 0 Å². The topological polar surface area (TPSA) is 136 Å². The summed E-state index contributed by atoms with van der Waals surface area (Å²) in [4.78, 5) is 21.4. The summed E-state index contributed by atoms with van der Waals surface area (Å²) in [5.41, 5.74) is 5.29. The summed E-state index contributed by atoms with van der Waals surface area (Å²) in [5, 5.41) is 10.9. The maximum Gasteiger partial charge on any atom is 0.405 e. The number of benzene rings is 1. The van der Waals surface area contributed by atoms with Gasteiger partial charge in [-0.05, 0) is 17.7 Å². The molecular weight excluding hydrogens is 300 g/mol. The molecule has 0 aromatic heterocycles. The molecule has 0 aliphatic rings. The first-order chi connectivity index (χ1) is 9.76. The van der Waals surface area contributed by atoms with E-state index in [1.54, 1.807) is 0 Å². The molecule has 1 rings (SSSR count). The molecular formula is C12H16N2O6S. The van der Waals surface area contributed by atoms with Gasteiger partial charge in [0.15, 0.2) is 9.84 Å². The molecule has 1 aromatic rings. The highest BCUT2D eigenvalue weighted by Gasteiger charge is 2.17. The summed E-state index contributed by atoms with van der Waals surface area (Å²) in [5.74, 6) is -0.0338. The molecule has 0 radical (unpaired) electrons. The van der Waals surface area contributed by atoms with Crippen molar-refractivity contribution in [2.75, 3.05) is 12.4 Å². The predicted molar refractivity (Wildman–Crippen MR) is 73.6 cm³/mol. The summed E-state index contributed by atoms with van der Waals surface area (Å²) < 4.78 is 27.9. The zero-order valence-electron chi connectivity index (χ0n) is 11.3. The monoisotopic (exact) mass is 316 g/mol. The average molecular weight is 316 g/mol. The second-order valence-electron chi connectivity index (χ2n) is 4.10. The van der Waals surface area contributed by atoms with Crippen LogP contribution < -0.4 is 11.1 Å². The third-order valence-electron chi connectivity index (χ3n) is 2.71. The molecule has 0 spiro atoms. The van der Waals surface area contributed by atoms with Gasteiger partial charge in [0.1, 0.15) is 6.61 Å². The SMILES string of the molecule is CCS(=O)(=O)c1ccc([C@H](COC(N)=O)NC(=O)O)cc1. The van der Waals surface area contributed by atoms with Crippen molar-refractivity contribution in [3.63, 3.8) is 0 Å². The lowest BCUT2D eigenvalue weighted by Crippen LogP contribution is -2.31. The molecule has 9 heteroatoms. The quantitative estimate of drug-likeness (QED) is 0.713. The van der Waals surface area contributed by atoms with Gasteiger partial charge >= 0.3 is 12.2 Å². The lowest BCUT2D eigenvalue weighted by atomic mass is 10.1. The van der Waals surface area contributed by atoms with Crippen LogP contribution in [0.2, 0.25) is 0 Å². The summed E-state index contributed by atoms with van der Waals surface area (Å²) in [6.45, 7) is 1.24. The lowest BCUT2D eigenvalue weighted by Gasteiger charge is -2.17. The second kappa shape index (κ2) is 6.93. The number of nitrogens with two attached hydrogens (primary N) is 1. The number of sulfone groups is 1. The van der Waals surface area contributed by atoms with E-state index in [1.807, 2.05) is 0 Å². The van der Waals surface area contributed by atoms with Crippen molar-refractivity contribution in [1.82, 2.24) is 5.32 Å². The van der Waals surface area contributed by atoms with Crippen LogP contribution in [0.25, 0.3) is 0 Å². The molecule has 8 nitrogen and oxygen atoms in total. The van der Waals surface area contributed by atoms with Gasteiger partial charge in [-0.3, -0.25) is 0 Å². The van der Waals surface area contributed by atoms with Crippen molar-refractivity contribution in [3.8, 4) is 0 Å². The standard InChI is InChI=1S/C12H16N2O6S/c1-2-21(18,19)9-5-3-8(4-6-9)10(14-12(16)17)7-20-11(13)15/h3-6,10,14H,2,7H2,1H3,(H2,13,15)(H,16,17)/t10-/m0/s1. The highest BCUT2D eigenvalue weighted by atomic mass is 32.2. The average Bonchev–Trinajstić information content (AvgIpc) is 2.43. The largest absolute Gasteiger partial charge is 0.465 e. The second-order valence-corrected chi connectivity index (χ2v) is 6.38. The van der Waals surface area contributed by atoms with Crippen molar-refractivity contribution < 1.29 is 27.9 Å². The highest BCUT2D eigenvalue weighted by Crippen LogP contribution is 2.18. The Hall–Kier alpha value is -2.29. The summed E-state index contributed by atoms with van der Waals surface area (Å²) in [7, 11) is -3.33. The third-order valence-corrected chi connectivity index (χ3v) is 4.46. The number of carbonyl (C=O) groups excluding carboxylic acids is 1. The number of nitrogens with one attached hydrogen (secondary N) is 1. The zero-order chi connectivity index (χ0) is 16.0. The first-order valence-corrected chi connectivity index (χ1v) is 7.66. The number of ether oxygens (including phenoxy) is 1. The summed E-state index contributed by atoms with van der Waals surface area (Å²) in [6, 6.07) is 4.80. The molecule has 0 aliphatic carbocycles. The Morgan fingerprint density at radius 2 is 1.90 bits per heavy atom. The number of hydrogen-bond acceptors (Lipinski definition) is 5. The molecule has 0 fully saturated rings. The predicted octanol–water partition coefficient (Wildman–Crippen LogP) is 0.884. The van der Waals surface area contributed by atoms with Crippen LogP contribution in [-0.4, -0.2) is 38.1 Å². The molecule has 4 N–H and O–H groups in total. The maximum absolute atomic E-state index is 11.7. The minimum Gasteiger partial charge on any atom is -0.465 e. The van der Waals surface area contributed by atoms with Crippen molar-refractivity contribution in [1.29, 1.82) is 0 Å². The molecule has 0 unspecified atom stereocenters. The molecule has 116 valence electrons. The normalized spacial score (nSPS) is 12.4. The number of primary amides is 1. The first kappa shape index (κ1) is 16.8. The van der Waals surface area contributed by atoms with E-state index in [9.17, 15) is 18.0 Å². The van der Waals surface area contributed by atoms with Crippen LogP contribution in [0.1, 0.15) is 18.5 Å². The summed E-state index contributed by atoms with van der Waals surface area (Å²) in [6.07, 6.45) is -2.34. The Morgan fingerprint density at radius 1 is 1.33 bits per heavy atom. The highest BCUT2D eigenvalue weighted by molar-refractivity contribution is 7.91. The Morgan fingerprint density at radius 3 is 2.33 bits per heavy atom. The fraction of sp³-hybridized carbons (Fsp3) is 0.333. The number of hydrogen-bond donors (Lipinski definition) is 3. The first-order valence-electron chi connectivity index (χ1n) is 6.00. The van der Waals surface area contributed by atoms with Gasteiger partial charge in [-0.25, -0.2) is 18.0 Å². The molecule has 0 heterocycles. The molecule has 1 atom stereocenters. The maximum atomic E-state index is 11.7. The van der Waals surface area contributed by atoms with Gasteiger partial charge in [0.25, 0.3) is 0 Å².